The van der Waals surface area contributed by atoms with Gasteiger partial charge in [0.05, 0.1) is 0 Å². The van der Waals surface area contributed by atoms with Crippen LogP contribution in [-0.4, -0.2) is 13.0 Å². The lowest BCUT2D eigenvalue weighted by Gasteiger charge is -2.02. The SMILES string of the molecule is C#Cc1cc(C)cc(C(=O)NC)c1. The van der Waals surface area contributed by atoms with Gasteiger partial charge >= 0.3 is 0 Å². The third kappa shape index (κ3) is 2.09. The van der Waals surface area contributed by atoms with Crippen LogP contribution in [0.15, 0.2) is 18.2 Å². The van der Waals surface area contributed by atoms with Crippen LogP contribution in [0.25, 0.3) is 0 Å². The predicted molar refractivity (Wildman–Crippen MR) is 52.5 cm³/mol. The fourth-order valence-corrected chi connectivity index (χ4v) is 1.14. The van der Waals surface area contributed by atoms with E-state index in [1.165, 1.54) is 0 Å². The van der Waals surface area contributed by atoms with E-state index < -0.39 is 0 Å². The van der Waals surface area contributed by atoms with E-state index in [2.05, 4.69) is 11.2 Å². The Labute approximate surface area is 78.0 Å². The number of carbonyl (C=O) groups excluding carboxylic acids is 1. The van der Waals surface area contributed by atoms with E-state index in [9.17, 15) is 4.79 Å². The highest BCUT2D eigenvalue weighted by molar-refractivity contribution is 5.94. The van der Waals surface area contributed by atoms with E-state index in [4.69, 9.17) is 6.42 Å². The fourth-order valence-electron chi connectivity index (χ4n) is 1.14. The molecule has 1 rings (SSSR count). The van der Waals surface area contributed by atoms with Crippen molar-refractivity contribution in [2.75, 3.05) is 7.05 Å². The number of terminal acetylenes is 1. The quantitative estimate of drug-likeness (QED) is 0.638. The molecule has 2 nitrogen and oxygen atoms in total. The summed E-state index contributed by atoms with van der Waals surface area (Å²) in [4.78, 5) is 11.3. The second-order valence-corrected chi connectivity index (χ2v) is 2.81. The average molecular weight is 173 g/mol. The predicted octanol–water partition coefficient (Wildman–Crippen LogP) is 1.34. The Balaban J connectivity index is 3.17. The number of carbonyl (C=O) groups is 1. The summed E-state index contributed by atoms with van der Waals surface area (Å²) in [5.74, 6) is 2.40. The number of benzene rings is 1. The first-order valence-electron chi connectivity index (χ1n) is 3.97. The second-order valence-electron chi connectivity index (χ2n) is 2.81. The molecule has 1 amide bonds. The van der Waals surface area contributed by atoms with Crippen molar-refractivity contribution in [2.24, 2.45) is 0 Å². The van der Waals surface area contributed by atoms with Crippen molar-refractivity contribution in [1.82, 2.24) is 5.32 Å². The van der Waals surface area contributed by atoms with Gasteiger partial charge in [-0.2, -0.15) is 0 Å². The molecule has 13 heavy (non-hydrogen) atoms. The van der Waals surface area contributed by atoms with Gasteiger partial charge < -0.3 is 5.32 Å². The Morgan fingerprint density at radius 1 is 1.46 bits per heavy atom. The largest absolute Gasteiger partial charge is 0.355 e. The summed E-state index contributed by atoms with van der Waals surface area (Å²) in [6.45, 7) is 1.91. The van der Waals surface area contributed by atoms with Gasteiger partial charge in [0.25, 0.3) is 5.91 Å². The van der Waals surface area contributed by atoms with Gasteiger partial charge in [0.1, 0.15) is 0 Å². The lowest BCUT2D eigenvalue weighted by atomic mass is 10.1. The van der Waals surface area contributed by atoms with E-state index in [0.29, 0.717) is 5.56 Å². The molecule has 0 bridgehead atoms. The van der Waals surface area contributed by atoms with Crippen molar-refractivity contribution in [2.45, 2.75) is 6.92 Å². The molecule has 0 saturated carbocycles. The number of aryl methyl sites for hydroxylation is 1. The highest BCUT2D eigenvalue weighted by Crippen LogP contribution is 2.08. The van der Waals surface area contributed by atoms with Crippen LogP contribution in [0.2, 0.25) is 0 Å². The molecule has 0 unspecified atom stereocenters. The van der Waals surface area contributed by atoms with Crippen molar-refractivity contribution in [3.63, 3.8) is 0 Å². The molecule has 66 valence electrons. The standard InChI is InChI=1S/C11H11NO/c1-4-9-5-8(2)6-10(7-9)11(13)12-3/h1,5-7H,2-3H3,(H,12,13). The van der Waals surface area contributed by atoms with Gasteiger partial charge in [-0.1, -0.05) is 5.92 Å². The van der Waals surface area contributed by atoms with E-state index in [1.807, 2.05) is 13.0 Å². The lowest BCUT2D eigenvalue weighted by Crippen LogP contribution is -2.17. The molecule has 0 radical (unpaired) electrons. The molecule has 1 aromatic carbocycles. The van der Waals surface area contributed by atoms with E-state index in [-0.39, 0.29) is 5.91 Å². The maximum Gasteiger partial charge on any atom is 0.251 e. The third-order valence-corrected chi connectivity index (χ3v) is 1.73. The van der Waals surface area contributed by atoms with Crippen LogP contribution < -0.4 is 5.32 Å². The zero-order valence-corrected chi connectivity index (χ0v) is 7.72. The van der Waals surface area contributed by atoms with Crippen molar-refractivity contribution in [3.8, 4) is 12.3 Å². The van der Waals surface area contributed by atoms with Crippen LogP contribution in [-0.2, 0) is 0 Å². The minimum atomic E-state index is -0.111. The second kappa shape index (κ2) is 3.77. The number of hydrogen-bond acceptors (Lipinski definition) is 1. The van der Waals surface area contributed by atoms with Gasteiger partial charge in [-0.15, -0.1) is 6.42 Å². The normalized spacial score (nSPS) is 9.00. The first-order valence-corrected chi connectivity index (χ1v) is 3.97. The summed E-state index contributed by atoms with van der Waals surface area (Å²) >= 11 is 0. The highest BCUT2D eigenvalue weighted by Gasteiger charge is 2.03. The molecule has 2 heteroatoms. The Bertz CT molecular complexity index is 374. The molecule has 0 saturated heterocycles. The topological polar surface area (TPSA) is 29.1 Å². The lowest BCUT2D eigenvalue weighted by molar-refractivity contribution is 0.0963. The van der Waals surface area contributed by atoms with E-state index in [0.717, 1.165) is 11.1 Å². The molecule has 0 heterocycles. The maximum absolute atomic E-state index is 11.3. The zero-order valence-electron chi connectivity index (χ0n) is 7.72. The first kappa shape index (κ1) is 9.34. The van der Waals surface area contributed by atoms with Gasteiger partial charge in [0.15, 0.2) is 0 Å². The molecular formula is C11H11NO. The molecule has 0 aliphatic rings. The molecule has 0 aliphatic heterocycles. The first-order chi connectivity index (χ1) is 6.17. The van der Waals surface area contributed by atoms with Crippen molar-refractivity contribution >= 4 is 5.91 Å². The van der Waals surface area contributed by atoms with Crippen LogP contribution in [0.4, 0.5) is 0 Å². The summed E-state index contributed by atoms with van der Waals surface area (Å²) in [6, 6.07) is 5.37. The van der Waals surface area contributed by atoms with Crippen LogP contribution in [0.5, 0.6) is 0 Å². The molecule has 0 aromatic heterocycles. The maximum atomic E-state index is 11.3. The van der Waals surface area contributed by atoms with Gasteiger partial charge in [0, 0.05) is 18.2 Å². The summed E-state index contributed by atoms with van der Waals surface area (Å²) in [5.41, 5.74) is 2.34. The Morgan fingerprint density at radius 3 is 2.69 bits per heavy atom. The van der Waals surface area contributed by atoms with Crippen molar-refractivity contribution < 1.29 is 4.79 Å². The average Bonchev–Trinajstić information content (AvgIpc) is 2.15. The van der Waals surface area contributed by atoms with Crippen LogP contribution in [0.1, 0.15) is 21.5 Å². The minimum Gasteiger partial charge on any atom is -0.355 e. The summed E-state index contributed by atoms with van der Waals surface area (Å²) in [7, 11) is 1.60. The van der Waals surface area contributed by atoms with E-state index >= 15 is 0 Å². The number of nitrogens with one attached hydrogen (secondary N) is 1. The van der Waals surface area contributed by atoms with Crippen LogP contribution in [0.3, 0.4) is 0 Å². The zero-order chi connectivity index (χ0) is 9.84. The molecular weight excluding hydrogens is 162 g/mol. The highest BCUT2D eigenvalue weighted by atomic mass is 16.1. The minimum absolute atomic E-state index is 0.111. The Hall–Kier alpha value is -1.75. The third-order valence-electron chi connectivity index (χ3n) is 1.73. The number of rotatable bonds is 1. The molecule has 0 spiro atoms. The molecule has 1 N–H and O–H groups in total. The van der Waals surface area contributed by atoms with Gasteiger partial charge in [-0.05, 0) is 30.7 Å². The Kier molecular flexibility index (Phi) is 2.71. The van der Waals surface area contributed by atoms with Gasteiger partial charge in [-0.3, -0.25) is 4.79 Å². The monoisotopic (exact) mass is 173 g/mol. The summed E-state index contributed by atoms with van der Waals surface area (Å²) in [5, 5.41) is 2.55. The summed E-state index contributed by atoms with van der Waals surface area (Å²) < 4.78 is 0. The number of hydrogen-bond donors (Lipinski definition) is 1. The number of amides is 1. The smallest absolute Gasteiger partial charge is 0.251 e. The van der Waals surface area contributed by atoms with Crippen molar-refractivity contribution in [3.05, 3.63) is 34.9 Å². The molecule has 0 atom stereocenters. The molecule has 0 aliphatic carbocycles. The fraction of sp³-hybridized carbons (Fsp3) is 0.182. The van der Waals surface area contributed by atoms with Crippen LogP contribution in [0, 0.1) is 19.3 Å². The van der Waals surface area contributed by atoms with Crippen molar-refractivity contribution in [1.29, 1.82) is 0 Å². The summed E-state index contributed by atoms with van der Waals surface area (Å²) in [6.07, 6.45) is 5.25. The Morgan fingerprint density at radius 2 is 2.15 bits per heavy atom. The van der Waals surface area contributed by atoms with Gasteiger partial charge in [-0.25, -0.2) is 0 Å². The molecule has 1 aromatic rings. The molecule has 0 fully saturated rings. The van der Waals surface area contributed by atoms with E-state index in [1.54, 1.807) is 19.2 Å². The van der Waals surface area contributed by atoms with Crippen LogP contribution >= 0.6 is 0 Å². The van der Waals surface area contributed by atoms with Gasteiger partial charge in [0.2, 0.25) is 0 Å².